The highest BCUT2D eigenvalue weighted by Gasteiger charge is 2.19. The third kappa shape index (κ3) is 5.46. The van der Waals surface area contributed by atoms with Gasteiger partial charge in [0.2, 0.25) is 10.0 Å². The molecule has 0 atom stereocenters. The van der Waals surface area contributed by atoms with E-state index in [2.05, 4.69) is 11.9 Å². The molecule has 0 aliphatic heterocycles. The molecule has 0 aliphatic carbocycles. The van der Waals surface area contributed by atoms with Crippen molar-refractivity contribution in [1.82, 2.24) is 9.55 Å². The van der Waals surface area contributed by atoms with Crippen LogP contribution in [0.4, 0.5) is 0 Å². The Hall–Kier alpha value is -1.58. The molecule has 0 spiro atoms. The molecule has 1 aromatic heterocycles. The van der Waals surface area contributed by atoms with Gasteiger partial charge in [-0.3, -0.25) is 4.79 Å². The second-order valence-corrected chi connectivity index (χ2v) is 9.47. The fourth-order valence-electron chi connectivity index (χ4n) is 2.40. The van der Waals surface area contributed by atoms with Crippen LogP contribution in [0.15, 0.2) is 28.3 Å². The van der Waals surface area contributed by atoms with Crippen LogP contribution in [0, 0.1) is 0 Å². The first-order valence-corrected chi connectivity index (χ1v) is 10.9. The molecule has 0 unspecified atom stereocenters. The summed E-state index contributed by atoms with van der Waals surface area (Å²) in [4.78, 5) is 16.5. The number of aromatic nitrogens is 2. The number of fused-ring (bicyclic) bond motifs is 1. The minimum Gasteiger partial charge on any atom is -0.459 e. The van der Waals surface area contributed by atoms with Crippen LogP contribution in [0.3, 0.4) is 0 Å². The summed E-state index contributed by atoms with van der Waals surface area (Å²) in [6, 6.07) is 4.64. The van der Waals surface area contributed by atoms with E-state index in [0.29, 0.717) is 10.7 Å². The molecule has 0 radical (unpaired) electrons. The summed E-state index contributed by atoms with van der Waals surface area (Å²) in [5, 5.41) is 5.86. The Morgan fingerprint density at radius 3 is 2.62 bits per heavy atom. The van der Waals surface area contributed by atoms with E-state index >= 15 is 0 Å². The van der Waals surface area contributed by atoms with E-state index in [4.69, 9.17) is 9.88 Å². The van der Waals surface area contributed by atoms with Crippen LogP contribution in [0.25, 0.3) is 11.0 Å². The first-order chi connectivity index (χ1) is 12.0. The molecule has 0 saturated carbocycles. The predicted octanol–water partition coefficient (Wildman–Crippen LogP) is 2.92. The van der Waals surface area contributed by atoms with Gasteiger partial charge in [0.15, 0.2) is 5.16 Å². The Bertz CT molecular complexity index is 899. The molecule has 0 amide bonds. The van der Waals surface area contributed by atoms with Crippen molar-refractivity contribution in [1.29, 1.82) is 0 Å². The number of unbranched alkanes of at least 4 members (excludes halogenated alkanes) is 1. The molecule has 0 fully saturated rings. The van der Waals surface area contributed by atoms with Gasteiger partial charge < -0.3 is 9.30 Å². The van der Waals surface area contributed by atoms with Crippen LogP contribution in [0.2, 0.25) is 0 Å². The van der Waals surface area contributed by atoms with Crippen molar-refractivity contribution in [2.24, 2.45) is 5.14 Å². The number of hydrogen-bond acceptors (Lipinski definition) is 6. The average molecular weight is 400 g/mol. The number of primary sulfonamides is 1. The Morgan fingerprint density at radius 1 is 1.35 bits per heavy atom. The smallest absolute Gasteiger partial charge is 0.316 e. The highest BCUT2D eigenvalue weighted by atomic mass is 32.2. The van der Waals surface area contributed by atoms with E-state index in [0.717, 1.165) is 24.9 Å². The molecule has 1 heterocycles. The minimum atomic E-state index is -3.79. The van der Waals surface area contributed by atoms with E-state index < -0.39 is 15.6 Å². The molecule has 2 aromatic rings. The molecule has 1 aromatic carbocycles. The number of nitrogens with two attached hydrogens (primary N) is 1. The fourth-order valence-corrected chi connectivity index (χ4v) is 3.75. The number of sulfonamides is 1. The number of benzene rings is 1. The van der Waals surface area contributed by atoms with E-state index in [-0.39, 0.29) is 16.6 Å². The van der Waals surface area contributed by atoms with Crippen molar-refractivity contribution in [2.75, 3.05) is 5.75 Å². The molecular formula is C17H25N3O4S2. The van der Waals surface area contributed by atoms with Crippen molar-refractivity contribution in [3.05, 3.63) is 18.2 Å². The van der Waals surface area contributed by atoms with Gasteiger partial charge in [-0.25, -0.2) is 18.5 Å². The number of aryl methyl sites for hydroxylation is 1. The summed E-state index contributed by atoms with van der Waals surface area (Å²) in [7, 11) is -3.79. The number of nitrogens with zero attached hydrogens (tertiary/aromatic N) is 2. The van der Waals surface area contributed by atoms with E-state index in [1.165, 1.54) is 23.9 Å². The molecule has 144 valence electrons. The van der Waals surface area contributed by atoms with E-state index in [1.807, 2.05) is 25.3 Å². The lowest BCUT2D eigenvalue weighted by Gasteiger charge is -2.19. The Morgan fingerprint density at radius 2 is 2.04 bits per heavy atom. The maximum Gasteiger partial charge on any atom is 0.316 e. The largest absolute Gasteiger partial charge is 0.459 e. The summed E-state index contributed by atoms with van der Waals surface area (Å²) in [5.74, 6) is -0.184. The molecule has 0 saturated heterocycles. The van der Waals surface area contributed by atoms with Gasteiger partial charge >= 0.3 is 5.97 Å². The molecule has 2 N–H and O–H groups in total. The topological polar surface area (TPSA) is 104 Å². The van der Waals surface area contributed by atoms with Crippen LogP contribution in [-0.4, -0.2) is 35.3 Å². The molecule has 0 aliphatic rings. The van der Waals surface area contributed by atoms with Gasteiger partial charge in [-0.15, -0.1) is 0 Å². The van der Waals surface area contributed by atoms with Crippen molar-refractivity contribution >= 4 is 38.8 Å². The third-order valence-corrected chi connectivity index (χ3v) is 5.35. The number of ether oxygens (including phenoxy) is 1. The fraction of sp³-hybridized carbons (Fsp3) is 0.529. The number of hydrogen-bond donors (Lipinski definition) is 1. The van der Waals surface area contributed by atoms with Gasteiger partial charge in [0.05, 0.1) is 21.7 Å². The standard InChI is InChI=1S/C17H25N3O4S2/c1-5-6-9-20-14-8-7-12(26(18,22)23)10-13(14)19-16(20)25-11-15(21)24-17(2,3)4/h7-8,10H,5-6,9,11H2,1-4H3,(H2,18,22,23). The van der Waals surface area contributed by atoms with Crippen LogP contribution in [0.1, 0.15) is 40.5 Å². The number of carbonyl (C=O) groups excluding carboxylic acids is 1. The van der Waals surface area contributed by atoms with E-state index in [9.17, 15) is 13.2 Å². The maximum absolute atomic E-state index is 12.0. The Balaban J connectivity index is 2.32. The van der Waals surface area contributed by atoms with Gasteiger partial charge in [0.1, 0.15) is 5.60 Å². The number of carbonyl (C=O) groups is 1. The van der Waals surface area contributed by atoms with Crippen LogP contribution >= 0.6 is 11.8 Å². The number of imidazole rings is 1. The van der Waals surface area contributed by atoms with Crippen molar-refractivity contribution in [2.45, 2.75) is 62.7 Å². The monoisotopic (exact) mass is 399 g/mol. The third-order valence-electron chi connectivity index (χ3n) is 3.49. The summed E-state index contributed by atoms with van der Waals surface area (Å²) in [6.07, 6.45) is 1.95. The molecular weight excluding hydrogens is 374 g/mol. The van der Waals surface area contributed by atoms with Gasteiger partial charge in [-0.05, 0) is 45.4 Å². The summed E-state index contributed by atoms with van der Waals surface area (Å²) in [6.45, 7) is 8.28. The second kappa shape index (κ2) is 7.98. The molecule has 26 heavy (non-hydrogen) atoms. The minimum absolute atomic E-state index is 0.0221. The normalized spacial score (nSPS) is 12.5. The lowest BCUT2D eigenvalue weighted by atomic mass is 10.2. The SMILES string of the molecule is CCCCn1c(SCC(=O)OC(C)(C)C)nc2cc(S(N)(=O)=O)ccc21. The number of thioether (sulfide) groups is 1. The average Bonchev–Trinajstić information content (AvgIpc) is 2.85. The van der Waals surface area contributed by atoms with Crippen LogP contribution in [-0.2, 0) is 26.1 Å². The Kier molecular flexibility index (Phi) is 6.36. The van der Waals surface area contributed by atoms with Crippen molar-refractivity contribution in [3.63, 3.8) is 0 Å². The molecule has 0 bridgehead atoms. The lowest BCUT2D eigenvalue weighted by Crippen LogP contribution is -2.25. The van der Waals surface area contributed by atoms with Crippen molar-refractivity contribution in [3.8, 4) is 0 Å². The highest BCUT2D eigenvalue weighted by molar-refractivity contribution is 7.99. The van der Waals surface area contributed by atoms with Gasteiger partial charge in [0.25, 0.3) is 0 Å². The number of rotatable bonds is 7. The van der Waals surface area contributed by atoms with Gasteiger partial charge in [0, 0.05) is 6.54 Å². The van der Waals surface area contributed by atoms with Crippen LogP contribution in [0.5, 0.6) is 0 Å². The predicted molar refractivity (Wildman–Crippen MR) is 103 cm³/mol. The van der Waals surface area contributed by atoms with Gasteiger partial charge in [-0.2, -0.15) is 0 Å². The maximum atomic E-state index is 12.0. The first kappa shape index (κ1) is 20.7. The van der Waals surface area contributed by atoms with Crippen LogP contribution < -0.4 is 5.14 Å². The zero-order valence-corrected chi connectivity index (χ0v) is 17.1. The first-order valence-electron chi connectivity index (χ1n) is 8.39. The Labute approximate surface area is 158 Å². The summed E-state index contributed by atoms with van der Waals surface area (Å²) in [5.41, 5.74) is 0.821. The zero-order valence-electron chi connectivity index (χ0n) is 15.5. The van der Waals surface area contributed by atoms with E-state index in [1.54, 1.807) is 6.07 Å². The molecule has 2 rings (SSSR count). The quantitative estimate of drug-likeness (QED) is 0.567. The van der Waals surface area contributed by atoms with Gasteiger partial charge in [-0.1, -0.05) is 25.1 Å². The lowest BCUT2D eigenvalue weighted by molar-refractivity contribution is -0.151. The second-order valence-electron chi connectivity index (χ2n) is 6.97. The number of esters is 1. The molecule has 7 nitrogen and oxygen atoms in total. The van der Waals surface area contributed by atoms with Crippen molar-refractivity contribution < 1.29 is 17.9 Å². The summed E-state index contributed by atoms with van der Waals surface area (Å²) >= 11 is 1.28. The highest BCUT2D eigenvalue weighted by Crippen LogP contribution is 2.27. The summed E-state index contributed by atoms with van der Waals surface area (Å²) < 4.78 is 30.5. The molecule has 9 heteroatoms. The zero-order chi connectivity index (χ0) is 19.5.